The lowest BCUT2D eigenvalue weighted by molar-refractivity contribution is -0.134. The van der Waals surface area contributed by atoms with Crippen LogP contribution in [-0.4, -0.2) is 35.2 Å². The molecule has 0 aromatic rings. The van der Waals surface area contributed by atoms with E-state index in [1.807, 2.05) is 5.01 Å². The molecule has 4 heteroatoms. The van der Waals surface area contributed by atoms with Crippen LogP contribution < -0.4 is 5.73 Å². The highest BCUT2D eigenvalue weighted by Gasteiger charge is 2.38. The molecule has 0 saturated carbocycles. The van der Waals surface area contributed by atoms with Crippen molar-refractivity contribution in [2.24, 2.45) is 5.73 Å². The Bertz CT molecular complexity index is 170. The maximum atomic E-state index is 11.1. The molecule has 10 heavy (non-hydrogen) atoms. The molecule has 0 radical (unpaired) electrons. The zero-order valence-corrected chi connectivity index (χ0v) is 5.79. The number of rotatable bonds is 0. The third-order valence-corrected chi connectivity index (χ3v) is 2.12. The van der Waals surface area contributed by atoms with E-state index < -0.39 is 0 Å². The Morgan fingerprint density at radius 3 is 3.00 bits per heavy atom. The molecule has 2 heterocycles. The molecule has 1 unspecified atom stereocenters. The number of hydrogen-bond donors (Lipinski definition) is 1. The molecule has 0 bridgehead atoms. The third-order valence-electron chi connectivity index (χ3n) is 2.12. The molecule has 0 aromatic carbocycles. The van der Waals surface area contributed by atoms with Gasteiger partial charge in [0.2, 0.25) is 5.91 Å². The highest BCUT2D eigenvalue weighted by Crippen LogP contribution is 2.21. The van der Waals surface area contributed by atoms with Crippen LogP contribution in [0.25, 0.3) is 0 Å². The maximum absolute atomic E-state index is 11.1. The molecule has 2 aliphatic rings. The van der Waals surface area contributed by atoms with Gasteiger partial charge in [0.25, 0.3) is 0 Å². The molecule has 4 nitrogen and oxygen atoms in total. The first-order chi connectivity index (χ1) is 4.79. The van der Waals surface area contributed by atoms with Crippen LogP contribution in [0.1, 0.15) is 12.8 Å². The van der Waals surface area contributed by atoms with E-state index in [-0.39, 0.29) is 12.1 Å². The number of nitrogens with zero attached hydrogens (tertiary/aromatic N) is 2. The van der Waals surface area contributed by atoms with Crippen LogP contribution >= 0.6 is 0 Å². The van der Waals surface area contributed by atoms with Gasteiger partial charge in [-0.3, -0.25) is 9.80 Å². The summed E-state index contributed by atoms with van der Waals surface area (Å²) in [5.74, 6) is 0.185. The van der Waals surface area contributed by atoms with E-state index in [9.17, 15) is 4.79 Å². The van der Waals surface area contributed by atoms with Crippen molar-refractivity contribution in [3.63, 3.8) is 0 Å². The average Bonchev–Trinajstić information content (AvgIpc) is 2.39. The lowest BCUT2D eigenvalue weighted by Gasteiger charge is -2.20. The van der Waals surface area contributed by atoms with E-state index in [1.54, 1.807) is 5.01 Å². The van der Waals surface area contributed by atoms with E-state index in [4.69, 9.17) is 5.73 Å². The number of amides is 1. The average molecular weight is 141 g/mol. The second-order valence-electron chi connectivity index (χ2n) is 2.80. The monoisotopic (exact) mass is 141 g/mol. The van der Waals surface area contributed by atoms with Gasteiger partial charge >= 0.3 is 0 Å². The standard InChI is InChI=1S/C6H11N3O/c7-5-4-6(10)9-3-1-2-8(5)9/h5H,1-4,7H2. The highest BCUT2D eigenvalue weighted by atomic mass is 16.2. The van der Waals surface area contributed by atoms with Crippen LogP contribution in [0, 0.1) is 0 Å². The van der Waals surface area contributed by atoms with E-state index >= 15 is 0 Å². The number of carbonyl (C=O) groups excluding carboxylic acids is 1. The summed E-state index contributed by atoms with van der Waals surface area (Å²) in [7, 11) is 0. The first kappa shape index (κ1) is 6.12. The summed E-state index contributed by atoms with van der Waals surface area (Å²) < 4.78 is 0. The Morgan fingerprint density at radius 2 is 2.30 bits per heavy atom. The lowest BCUT2D eigenvalue weighted by atomic mass is 10.3. The van der Waals surface area contributed by atoms with Crippen molar-refractivity contribution in [1.29, 1.82) is 0 Å². The highest BCUT2D eigenvalue weighted by molar-refractivity contribution is 5.78. The molecule has 2 aliphatic heterocycles. The molecule has 0 aliphatic carbocycles. The first-order valence-electron chi connectivity index (χ1n) is 3.61. The van der Waals surface area contributed by atoms with Crippen molar-refractivity contribution in [3.8, 4) is 0 Å². The normalized spacial score (nSPS) is 33.5. The summed E-state index contributed by atoms with van der Waals surface area (Å²) in [6.07, 6.45) is 1.52. The molecule has 1 amide bonds. The summed E-state index contributed by atoms with van der Waals surface area (Å²) in [5, 5.41) is 3.73. The number of carbonyl (C=O) groups is 1. The lowest BCUT2D eigenvalue weighted by Crippen LogP contribution is -2.40. The smallest absolute Gasteiger partial charge is 0.239 e. The minimum Gasteiger partial charge on any atom is -0.314 e. The number of hydrazine groups is 1. The number of fused-ring (bicyclic) bond motifs is 1. The third kappa shape index (κ3) is 0.660. The van der Waals surface area contributed by atoms with Crippen LogP contribution in [0.2, 0.25) is 0 Å². The van der Waals surface area contributed by atoms with Gasteiger partial charge in [0.15, 0.2) is 0 Å². The molecule has 0 aromatic heterocycles. The predicted molar refractivity (Wildman–Crippen MR) is 35.6 cm³/mol. The molecular formula is C6H11N3O. The minimum absolute atomic E-state index is 0.0463. The number of nitrogens with two attached hydrogens (primary N) is 1. The Hall–Kier alpha value is -0.610. The molecular weight excluding hydrogens is 130 g/mol. The molecule has 0 spiro atoms. The van der Waals surface area contributed by atoms with Crippen molar-refractivity contribution in [2.45, 2.75) is 19.0 Å². The molecule has 1 atom stereocenters. The Labute approximate surface area is 59.5 Å². The topological polar surface area (TPSA) is 49.6 Å². The molecule has 56 valence electrons. The molecule has 2 fully saturated rings. The van der Waals surface area contributed by atoms with Crippen molar-refractivity contribution in [1.82, 2.24) is 10.0 Å². The van der Waals surface area contributed by atoms with Crippen molar-refractivity contribution in [2.75, 3.05) is 13.1 Å². The predicted octanol–water partition coefficient (Wildman–Crippen LogP) is -0.876. The number of hydrogen-bond acceptors (Lipinski definition) is 3. The quantitative estimate of drug-likeness (QED) is 0.477. The summed E-state index contributed by atoms with van der Waals surface area (Å²) in [6.45, 7) is 1.82. The second kappa shape index (κ2) is 1.93. The van der Waals surface area contributed by atoms with E-state index in [0.717, 1.165) is 19.5 Å². The van der Waals surface area contributed by atoms with Gasteiger partial charge < -0.3 is 5.73 Å². The zero-order valence-electron chi connectivity index (χ0n) is 5.79. The Kier molecular flexibility index (Phi) is 1.18. The van der Waals surface area contributed by atoms with Gasteiger partial charge in [-0.25, -0.2) is 5.01 Å². The fourth-order valence-electron chi connectivity index (χ4n) is 1.63. The van der Waals surface area contributed by atoms with Crippen molar-refractivity contribution < 1.29 is 4.79 Å². The summed E-state index contributed by atoms with van der Waals surface area (Å²) in [5.41, 5.74) is 5.67. The molecule has 2 rings (SSSR count). The van der Waals surface area contributed by atoms with Gasteiger partial charge in [0, 0.05) is 13.1 Å². The van der Waals surface area contributed by atoms with Crippen molar-refractivity contribution >= 4 is 5.91 Å². The largest absolute Gasteiger partial charge is 0.314 e. The van der Waals surface area contributed by atoms with E-state index in [1.165, 1.54) is 0 Å². The van der Waals surface area contributed by atoms with Gasteiger partial charge in [-0.05, 0) is 6.42 Å². The van der Waals surface area contributed by atoms with Gasteiger partial charge in [-0.2, -0.15) is 0 Å². The van der Waals surface area contributed by atoms with Gasteiger partial charge in [0.05, 0.1) is 12.6 Å². The Balaban J connectivity index is 2.19. The Morgan fingerprint density at radius 1 is 1.50 bits per heavy atom. The van der Waals surface area contributed by atoms with Gasteiger partial charge in [-0.1, -0.05) is 0 Å². The van der Waals surface area contributed by atoms with Crippen LogP contribution in [0.4, 0.5) is 0 Å². The first-order valence-corrected chi connectivity index (χ1v) is 3.61. The maximum Gasteiger partial charge on any atom is 0.239 e. The van der Waals surface area contributed by atoms with Crippen LogP contribution in [0.15, 0.2) is 0 Å². The van der Waals surface area contributed by atoms with Gasteiger partial charge in [-0.15, -0.1) is 0 Å². The fraction of sp³-hybridized carbons (Fsp3) is 0.833. The van der Waals surface area contributed by atoms with E-state index in [2.05, 4.69) is 0 Å². The van der Waals surface area contributed by atoms with Crippen LogP contribution in [0.5, 0.6) is 0 Å². The fourth-order valence-corrected chi connectivity index (χ4v) is 1.63. The molecule has 2 saturated heterocycles. The van der Waals surface area contributed by atoms with Gasteiger partial charge in [0.1, 0.15) is 0 Å². The SMILES string of the molecule is NC1CC(=O)N2CCCN12. The second-order valence-corrected chi connectivity index (χ2v) is 2.80. The van der Waals surface area contributed by atoms with Crippen molar-refractivity contribution in [3.05, 3.63) is 0 Å². The van der Waals surface area contributed by atoms with E-state index in [0.29, 0.717) is 6.42 Å². The van der Waals surface area contributed by atoms with Crippen LogP contribution in [-0.2, 0) is 4.79 Å². The minimum atomic E-state index is -0.0463. The summed E-state index contributed by atoms with van der Waals surface area (Å²) >= 11 is 0. The van der Waals surface area contributed by atoms with Crippen LogP contribution in [0.3, 0.4) is 0 Å². The summed E-state index contributed by atoms with van der Waals surface area (Å²) in [6, 6.07) is 0. The summed E-state index contributed by atoms with van der Waals surface area (Å²) in [4.78, 5) is 11.1. The zero-order chi connectivity index (χ0) is 7.14. The molecule has 2 N–H and O–H groups in total.